The summed E-state index contributed by atoms with van der Waals surface area (Å²) in [7, 11) is 0. The summed E-state index contributed by atoms with van der Waals surface area (Å²) in [4.78, 5) is 0. The van der Waals surface area contributed by atoms with Crippen molar-refractivity contribution < 1.29 is 8.91 Å². The topological polar surface area (TPSA) is 52.0 Å². The van der Waals surface area contributed by atoms with Gasteiger partial charge in [-0.1, -0.05) is 5.16 Å². The molecule has 0 amide bonds. The van der Waals surface area contributed by atoms with Crippen LogP contribution in [0.15, 0.2) is 28.8 Å². The largest absolute Gasteiger partial charge is 0.359 e. The van der Waals surface area contributed by atoms with E-state index in [0.717, 1.165) is 5.56 Å². The van der Waals surface area contributed by atoms with Gasteiger partial charge in [0.1, 0.15) is 11.5 Å². The van der Waals surface area contributed by atoms with Gasteiger partial charge in [-0.3, -0.25) is 0 Å². The van der Waals surface area contributed by atoms with E-state index >= 15 is 0 Å². The molecule has 1 aromatic heterocycles. The van der Waals surface area contributed by atoms with Crippen molar-refractivity contribution in [3.8, 4) is 11.3 Å². The molecule has 15 heavy (non-hydrogen) atoms. The van der Waals surface area contributed by atoms with Gasteiger partial charge >= 0.3 is 0 Å². The van der Waals surface area contributed by atoms with Crippen molar-refractivity contribution in [2.24, 2.45) is 5.73 Å². The Labute approximate surface area is 86.7 Å². The van der Waals surface area contributed by atoms with Gasteiger partial charge in [-0.25, -0.2) is 4.39 Å². The van der Waals surface area contributed by atoms with Gasteiger partial charge in [-0.05, 0) is 30.7 Å². The third-order valence-corrected chi connectivity index (χ3v) is 2.10. The smallest absolute Gasteiger partial charge is 0.150 e. The second-order valence-corrected chi connectivity index (χ2v) is 3.40. The first kappa shape index (κ1) is 9.86. The number of aryl methyl sites for hydroxylation is 1. The molecule has 1 aromatic carbocycles. The average molecular weight is 206 g/mol. The van der Waals surface area contributed by atoms with Crippen molar-refractivity contribution in [3.05, 3.63) is 41.4 Å². The Balaban J connectivity index is 2.44. The predicted octanol–water partition coefficient (Wildman–Crippen LogP) is 2.25. The molecule has 0 saturated heterocycles. The lowest BCUT2D eigenvalue weighted by molar-refractivity contribution is 0.387. The van der Waals surface area contributed by atoms with Crippen LogP contribution in [0, 0.1) is 12.7 Å². The molecule has 0 aliphatic rings. The SMILES string of the molecule is Cc1cc(F)cc(-c2cc(CN)on2)c1. The standard InChI is InChI=1S/C11H11FN2O/c1-7-2-8(4-9(12)3-7)11-5-10(6-13)15-14-11/h2-5H,6,13H2,1H3. The van der Waals surface area contributed by atoms with E-state index in [1.807, 2.05) is 13.0 Å². The molecule has 3 nitrogen and oxygen atoms in total. The Kier molecular flexibility index (Phi) is 2.51. The fraction of sp³-hybridized carbons (Fsp3) is 0.182. The summed E-state index contributed by atoms with van der Waals surface area (Å²) < 4.78 is 18.1. The minimum absolute atomic E-state index is 0.276. The van der Waals surface area contributed by atoms with Crippen LogP contribution in [0.5, 0.6) is 0 Å². The van der Waals surface area contributed by atoms with Crippen LogP contribution in [0.3, 0.4) is 0 Å². The minimum atomic E-state index is -0.276. The molecule has 0 atom stereocenters. The molecule has 2 aromatic rings. The predicted molar refractivity (Wildman–Crippen MR) is 54.5 cm³/mol. The van der Waals surface area contributed by atoms with Crippen molar-refractivity contribution in [1.29, 1.82) is 0 Å². The quantitative estimate of drug-likeness (QED) is 0.819. The Morgan fingerprint density at radius 1 is 1.33 bits per heavy atom. The van der Waals surface area contributed by atoms with Gasteiger partial charge in [0.2, 0.25) is 0 Å². The fourth-order valence-electron chi connectivity index (χ4n) is 1.43. The van der Waals surface area contributed by atoms with Crippen LogP contribution < -0.4 is 5.73 Å². The lowest BCUT2D eigenvalue weighted by atomic mass is 10.1. The number of hydrogen-bond donors (Lipinski definition) is 1. The molecule has 0 unspecified atom stereocenters. The summed E-state index contributed by atoms with van der Waals surface area (Å²) in [5, 5.41) is 3.82. The Morgan fingerprint density at radius 2 is 2.13 bits per heavy atom. The molecule has 0 fully saturated rings. The van der Waals surface area contributed by atoms with E-state index in [2.05, 4.69) is 5.16 Å². The van der Waals surface area contributed by atoms with Crippen LogP contribution in [0.25, 0.3) is 11.3 Å². The van der Waals surface area contributed by atoms with Crippen LogP contribution in [-0.4, -0.2) is 5.16 Å². The van der Waals surface area contributed by atoms with Crippen LogP contribution in [0.2, 0.25) is 0 Å². The van der Waals surface area contributed by atoms with E-state index in [1.165, 1.54) is 12.1 Å². The van der Waals surface area contributed by atoms with Crippen molar-refractivity contribution in [2.45, 2.75) is 13.5 Å². The number of aromatic nitrogens is 1. The van der Waals surface area contributed by atoms with E-state index in [1.54, 1.807) is 6.07 Å². The first-order valence-electron chi connectivity index (χ1n) is 4.62. The molecule has 2 N–H and O–H groups in total. The number of hydrogen-bond acceptors (Lipinski definition) is 3. The highest BCUT2D eigenvalue weighted by Crippen LogP contribution is 2.21. The molecule has 0 bridgehead atoms. The van der Waals surface area contributed by atoms with Gasteiger partial charge in [0.05, 0.1) is 6.54 Å². The van der Waals surface area contributed by atoms with Crippen molar-refractivity contribution in [2.75, 3.05) is 0 Å². The molecular weight excluding hydrogens is 195 g/mol. The summed E-state index contributed by atoms with van der Waals surface area (Å²) in [6.07, 6.45) is 0. The summed E-state index contributed by atoms with van der Waals surface area (Å²) in [6.45, 7) is 2.12. The highest BCUT2D eigenvalue weighted by Gasteiger charge is 2.06. The Bertz CT molecular complexity index is 459. The third kappa shape index (κ3) is 2.05. The summed E-state index contributed by atoms with van der Waals surface area (Å²) in [5.74, 6) is 0.314. The minimum Gasteiger partial charge on any atom is -0.359 e. The normalized spacial score (nSPS) is 10.6. The zero-order valence-corrected chi connectivity index (χ0v) is 8.33. The molecule has 0 spiro atoms. The number of benzene rings is 1. The maximum absolute atomic E-state index is 13.1. The van der Waals surface area contributed by atoms with E-state index in [9.17, 15) is 4.39 Å². The maximum Gasteiger partial charge on any atom is 0.150 e. The molecule has 0 saturated carbocycles. The second-order valence-electron chi connectivity index (χ2n) is 3.40. The summed E-state index contributed by atoms with van der Waals surface area (Å²) in [5.41, 5.74) is 7.56. The van der Waals surface area contributed by atoms with Gasteiger partial charge in [0, 0.05) is 11.6 Å². The van der Waals surface area contributed by atoms with Crippen LogP contribution in [-0.2, 0) is 6.54 Å². The van der Waals surface area contributed by atoms with Crippen molar-refractivity contribution in [1.82, 2.24) is 5.16 Å². The lowest BCUT2D eigenvalue weighted by Crippen LogP contribution is -1.92. The highest BCUT2D eigenvalue weighted by molar-refractivity contribution is 5.59. The van der Waals surface area contributed by atoms with Crippen molar-refractivity contribution >= 4 is 0 Å². The number of rotatable bonds is 2. The molecule has 78 valence electrons. The zero-order valence-electron chi connectivity index (χ0n) is 8.33. The molecule has 2 rings (SSSR count). The van der Waals surface area contributed by atoms with E-state index in [-0.39, 0.29) is 5.82 Å². The highest BCUT2D eigenvalue weighted by atomic mass is 19.1. The molecule has 0 radical (unpaired) electrons. The van der Waals surface area contributed by atoms with Gasteiger partial charge in [-0.2, -0.15) is 0 Å². The fourth-order valence-corrected chi connectivity index (χ4v) is 1.43. The van der Waals surface area contributed by atoms with Gasteiger partial charge in [-0.15, -0.1) is 0 Å². The second kappa shape index (κ2) is 3.82. The Morgan fingerprint density at radius 3 is 2.73 bits per heavy atom. The zero-order chi connectivity index (χ0) is 10.8. The monoisotopic (exact) mass is 206 g/mol. The molecule has 0 aliphatic carbocycles. The summed E-state index contributed by atoms with van der Waals surface area (Å²) >= 11 is 0. The van der Waals surface area contributed by atoms with Crippen molar-refractivity contribution in [3.63, 3.8) is 0 Å². The lowest BCUT2D eigenvalue weighted by Gasteiger charge is -1.98. The first-order valence-corrected chi connectivity index (χ1v) is 4.62. The van der Waals surface area contributed by atoms with E-state index in [4.69, 9.17) is 10.3 Å². The van der Waals surface area contributed by atoms with Crippen LogP contribution in [0.1, 0.15) is 11.3 Å². The molecule has 1 heterocycles. The molecule has 0 aliphatic heterocycles. The number of halogens is 1. The Hall–Kier alpha value is -1.68. The number of nitrogens with zero attached hydrogens (tertiary/aromatic N) is 1. The van der Waals surface area contributed by atoms with E-state index in [0.29, 0.717) is 23.6 Å². The van der Waals surface area contributed by atoms with Gasteiger partial charge in [0.15, 0.2) is 5.76 Å². The molecular formula is C11H11FN2O. The molecule has 4 heteroatoms. The first-order chi connectivity index (χ1) is 7.19. The average Bonchev–Trinajstić information content (AvgIpc) is 2.64. The van der Waals surface area contributed by atoms with Crippen LogP contribution in [0.4, 0.5) is 4.39 Å². The summed E-state index contributed by atoms with van der Waals surface area (Å²) in [6, 6.07) is 6.45. The van der Waals surface area contributed by atoms with Crippen LogP contribution >= 0.6 is 0 Å². The van der Waals surface area contributed by atoms with E-state index < -0.39 is 0 Å². The number of nitrogens with two attached hydrogens (primary N) is 1. The van der Waals surface area contributed by atoms with Gasteiger partial charge < -0.3 is 10.3 Å². The van der Waals surface area contributed by atoms with Gasteiger partial charge in [0.25, 0.3) is 0 Å². The third-order valence-electron chi connectivity index (χ3n) is 2.10. The maximum atomic E-state index is 13.1.